The van der Waals surface area contributed by atoms with Crippen LogP contribution in [-0.2, 0) is 9.53 Å². The molecule has 2 aromatic carbocycles. The Morgan fingerprint density at radius 2 is 1.68 bits per heavy atom. The van der Waals surface area contributed by atoms with Crippen molar-refractivity contribution >= 4 is 5.97 Å². The Kier molecular flexibility index (Phi) is 5.89. The highest BCUT2D eigenvalue weighted by atomic mass is 16.7. The molecule has 0 saturated heterocycles. The number of phenols is 1. The predicted octanol–water partition coefficient (Wildman–Crippen LogP) is 3.86. The molecule has 0 bridgehead atoms. The number of hydrogen-bond acceptors (Lipinski definition) is 6. The van der Waals surface area contributed by atoms with Gasteiger partial charge in [0, 0.05) is 18.2 Å². The molecule has 6 nitrogen and oxygen atoms in total. The second kappa shape index (κ2) is 8.52. The lowest BCUT2D eigenvalue weighted by atomic mass is 9.90. The van der Waals surface area contributed by atoms with Gasteiger partial charge in [0.25, 0.3) is 5.79 Å². The van der Waals surface area contributed by atoms with Gasteiger partial charge in [-0.2, -0.15) is 0 Å². The summed E-state index contributed by atoms with van der Waals surface area (Å²) in [6.45, 7) is 0. The molecule has 3 rings (SSSR count). The van der Waals surface area contributed by atoms with Gasteiger partial charge in [-0.3, -0.25) is 4.79 Å². The van der Waals surface area contributed by atoms with Crippen molar-refractivity contribution in [3.8, 4) is 23.0 Å². The van der Waals surface area contributed by atoms with E-state index in [0.717, 1.165) is 0 Å². The number of esters is 1. The number of hydrogen-bond donors (Lipinski definition) is 1. The van der Waals surface area contributed by atoms with E-state index in [-0.39, 0.29) is 18.1 Å². The number of ether oxygens (including phenoxy) is 4. The molecule has 0 radical (unpaired) electrons. The Balaban J connectivity index is 1.99. The summed E-state index contributed by atoms with van der Waals surface area (Å²) < 4.78 is 22.5. The van der Waals surface area contributed by atoms with E-state index in [1.165, 1.54) is 13.2 Å². The van der Waals surface area contributed by atoms with Crippen molar-refractivity contribution in [1.82, 2.24) is 0 Å². The first-order valence-corrected chi connectivity index (χ1v) is 8.78. The Morgan fingerprint density at radius 1 is 1.00 bits per heavy atom. The molecule has 146 valence electrons. The molecule has 0 fully saturated rings. The van der Waals surface area contributed by atoms with Crippen molar-refractivity contribution in [1.29, 1.82) is 0 Å². The van der Waals surface area contributed by atoms with Crippen LogP contribution < -0.4 is 14.2 Å². The van der Waals surface area contributed by atoms with Crippen LogP contribution in [0.4, 0.5) is 0 Å². The Hall–Kier alpha value is -3.41. The molecular weight excluding hydrogens is 360 g/mol. The van der Waals surface area contributed by atoms with Crippen molar-refractivity contribution in [2.45, 2.75) is 12.2 Å². The van der Waals surface area contributed by atoms with Gasteiger partial charge in [0.2, 0.25) is 0 Å². The van der Waals surface area contributed by atoms with Crippen LogP contribution in [0.2, 0.25) is 0 Å². The van der Waals surface area contributed by atoms with Gasteiger partial charge in [-0.1, -0.05) is 30.4 Å². The topological polar surface area (TPSA) is 74.2 Å². The maximum absolute atomic E-state index is 12.0. The number of carbonyl (C=O) groups excluding carboxylic acids is 1. The average molecular weight is 382 g/mol. The Morgan fingerprint density at radius 3 is 2.36 bits per heavy atom. The largest absolute Gasteiger partial charge is 0.508 e. The van der Waals surface area contributed by atoms with Crippen LogP contribution in [0.15, 0.2) is 72.8 Å². The van der Waals surface area contributed by atoms with E-state index in [4.69, 9.17) is 18.9 Å². The summed E-state index contributed by atoms with van der Waals surface area (Å²) in [6, 6.07) is 13.5. The summed E-state index contributed by atoms with van der Waals surface area (Å²) >= 11 is 0. The van der Waals surface area contributed by atoms with Crippen molar-refractivity contribution < 1.29 is 28.8 Å². The molecule has 2 unspecified atom stereocenters. The molecule has 6 heteroatoms. The maximum atomic E-state index is 12.0. The highest BCUT2D eigenvalue weighted by molar-refractivity contribution is 5.70. The molecule has 2 aromatic rings. The Labute approximate surface area is 163 Å². The van der Waals surface area contributed by atoms with Gasteiger partial charge in [0.1, 0.15) is 23.0 Å². The zero-order valence-corrected chi connectivity index (χ0v) is 15.7. The number of allylic oxidation sites excluding steroid dienone is 2. The number of phenolic OH excluding ortho intramolecular Hbond substituents is 1. The number of carbonyl (C=O) groups is 1. The van der Waals surface area contributed by atoms with Crippen LogP contribution >= 0.6 is 0 Å². The molecule has 1 aliphatic rings. The number of rotatable bonds is 7. The van der Waals surface area contributed by atoms with E-state index < -0.39 is 11.7 Å². The van der Waals surface area contributed by atoms with Gasteiger partial charge in [0.05, 0.1) is 26.6 Å². The monoisotopic (exact) mass is 382 g/mol. The predicted molar refractivity (Wildman–Crippen MR) is 103 cm³/mol. The average Bonchev–Trinajstić information content (AvgIpc) is 2.70. The Bertz CT molecular complexity index is 888. The summed E-state index contributed by atoms with van der Waals surface area (Å²) in [5, 5.41) is 9.79. The van der Waals surface area contributed by atoms with E-state index >= 15 is 0 Å². The van der Waals surface area contributed by atoms with Crippen LogP contribution in [0.25, 0.3) is 0 Å². The fourth-order valence-corrected chi connectivity index (χ4v) is 2.94. The van der Waals surface area contributed by atoms with Crippen LogP contribution in [0.3, 0.4) is 0 Å². The van der Waals surface area contributed by atoms with Gasteiger partial charge in [0.15, 0.2) is 0 Å². The van der Waals surface area contributed by atoms with Gasteiger partial charge >= 0.3 is 5.97 Å². The minimum absolute atomic E-state index is 0.0557. The van der Waals surface area contributed by atoms with E-state index in [1.54, 1.807) is 61.7 Å². The minimum Gasteiger partial charge on any atom is -0.508 e. The lowest BCUT2D eigenvalue weighted by Crippen LogP contribution is -2.48. The van der Waals surface area contributed by atoms with E-state index in [1.807, 2.05) is 12.2 Å². The minimum atomic E-state index is -1.32. The summed E-state index contributed by atoms with van der Waals surface area (Å²) in [5.41, 5.74) is 0. The third-order valence-electron chi connectivity index (χ3n) is 4.33. The van der Waals surface area contributed by atoms with Crippen LogP contribution in [0, 0.1) is 5.92 Å². The first-order chi connectivity index (χ1) is 13.5. The second-order valence-electron chi connectivity index (χ2n) is 6.23. The molecule has 0 heterocycles. The zero-order valence-electron chi connectivity index (χ0n) is 15.7. The zero-order chi connectivity index (χ0) is 20.0. The highest BCUT2D eigenvalue weighted by Gasteiger charge is 2.43. The molecule has 2 atom stereocenters. The molecule has 1 N–H and O–H groups in total. The van der Waals surface area contributed by atoms with Crippen molar-refractivity contribution in [3.63, 3.8) is 0 Å². The molecule has 1 aliphatic carbocycles. The SMILES string of the molecule is COC(=O)CC1C=CC=CC1(Oc1cccc(O)c1)Oc1cccc(OC)c1. The fraction of sp³-hybridized carbons (Fsp3) is 0.227. The van der Waals surface area contributed by atoms with E-state index in [2.05, 4.69) is 0 Å². The van der Waals surface area contributed by atoms with Crippen LogP contribution in [0.1, 0.15) is 6.42 Å². The number of methoxy groups -OCH3 is 2. The highest BCUT2D eigenvalue weighted by Crippen LogP contribution is 2.37. The lowest BCUT2D eigenvalue weighted by molar-refractivity contribution is -0.149. The first kappa shape index (κ1) is 19.4. The maximum Gasteiger partial charge on any atom is 0.306 e. The molecule has 28 heavy (non-hydrogen) atoms. The van der Waals surface area contributed by atoms with E-state index in [0.29, 0.717) is 17.2 Å². The summed E-state index contributed by atoms with van der Waals surface area (Å²) in [7, 11) is 2.91. The molecule has 0 aliphatic heterocycles. The first-order valence-electron chi connectivity index (χ1n) is 8.78. The summed E-state index contributed by atoms with van der Waals surface area (Å²) in [6.07, 6.45) is 7.24. The normalized spacial score (nSPS) is 20.4. The second-order valence-corrected chi connectivity index (χ2v) is 6.23. The molecule has 0 aromatic heterocycles. The lowest BCUT2D eigenvalue weighted by Gasteiger charge is -2.38. The standard InChI is InChI=1S/C22H22O6/c1-25-18-9-6-11-20(15-18)28-22(27-19-10-5-8-17(23)14-19)12-4-3-7-16(22)13-21(24)26-2/h3-12,14-16,23H,13H2,1-2H3. The molecule has 0 amide bonds. The third-order valence-corrected chi connectivity index (χ3v) is 4.33. The number of benzene rings is 2. The molecular formula is C22H22O6. The third kappa shape index (κ3) is 4.46. The molecule has 0 saturated carbocycles. The van der Waals surface area contributed by atoms with Crippen LogP contribution in [0.5, 0.6) is 23.0 Å². The van der Waals surface area contributed by atoms with E-state index in [9.17, 15) is 9.90 Å². The van der Waals surface area contributed by atoms with Crippen LogP contribution in [-0.4, -0.2) is 31.1 Å². The van der Waals surface area contributed by atoms with Gasteiger partial charge in [-0.25, -0.2) is 0 Å². The van der Waals surface area contributed by atoms with Gasteiger partial charge in [-0.05, 0) is 24.3 Å². The quantitative estimate of drug-likeness (QED) is 0.579. The molecule has 0 spiro atoms. The van der Waals surface area contributed by atoms with Crippen molar-refractivity contribution in [2.24, 2.45) is 5.92 Å². The number of aromatic hydroxyl groups is 1. The summed E-state index contributed by atoms with van der Waals surface area (Å²) in [5.74, 6) is -0.560. The van der Waals surface area contributed by atoms with Gasteiger partial charge < -0.3 is 24.1 Å². The van der Waals surface area contributed by atoms with Crippen molar-refractivity contribution in [2.75, 3.05) is 14.2 Å². The summed E-state index contributed by atoms with van der Waals surface area (Å²) in [4.78, 5) is 12.0. The van der Waals surface area contributed by atoms with Gasteiger partial charge in [-0.15, -0.1) is 0 Å². The fourth-order valence-electron chi connectivity index (χ4n) is 2.94. The van der Waals surface area contributed by atoms with Crippen molar-refractivity contribution in [3.05, 3.63) is 72.8 Å². The smallest absolute Gasteiger partial charge is 0.306 e.